The van der Waals surface area contributed by atoms with E-state index in [0.29, 0.717) is 5.56 Å². The number of carbonyl (C=O) groups excluding carboxylic acids is 1. The molecule has 5 nitrogen and oxygen atoms in total. The van der Waals surface area contributed by atoms with Gasteiger partial charge in [0.15, 0.2) is 0 Å². The van der Waals surface area contributed by atoms with Crippen LogP contribution in [-0.2, 0) is 20.9 Å². The molecule has 0 aliphatic heterocycles. The molecule has 1 aromatic rings. The van der Waals surface area contributed by atoms with Gasteiger partial charge in [0.25, 0.3) is 0 Å². The van der Waals surface area contributed by atoms with Crippen molar-refractivity contribution in [3.05, 3.63) is 29.8 Å². The molecule has 1 rings (SSSR count). The lowest BCUT2D eigenvalue weighted by Gasteiger charge is -2.27. The van der Waals surface area contributed by atoms with Crippen molar-refractivity contribution in [2.45, 2.75) is 44.6 Å². The average Bonchev–Trinajstić information content (AvgIpc) is 2.45. The minimum absolute atomic E-state index is 0.0116. The minimum atomic E-state index is -2.90. The van der Waals surface area contributed by atoms with E-state index in [-0.39, 0.29) is 12.2 Å². The van der Waals surface area contributed by atoms with Crippen LogP contribution in [0.15, 0.2) is 24.3 Å². The van der Waals surface area contributed by atoms with Gasteiger partial charge < -0.3 is 14.0 Å². The van der Waals surface area contributed by atoms with Gasteiger partial charge in [-0.3, -0.25) is 4.79 Å². The highest BCUT2D eigenvalue weighted by molar-refractivity contribution is 7.90. The fourth-order valence-corrected chi connectivity index (χ4v) is 2.50. The molecule has 0 fully saturated rings. The van der Waals surface area contributed by atoms with E-state index >= 15 is 0 Å². The highest BCUT2D eigenvalue weighted by Crippen LogP contribution is 2.25. The third-order valence-electron chi connectivity index (χ3n) is 2.91. The van der Waals surface area contributed by atoms with Gasteiger partial charge in [0.1, 0.15) is 10.5 Å². The quantitative estimate of drug-likeness (QED) is 0.605. The van der Waals surface area contributed by atoms with Gasteiger partial charge in [-0.1, -0.05) is 12.1 Å². The van der Waals surface area contributed by atoms with Crippen LogP contribution in [0.2, 0.25) is 0 Å². The number of esters is 1. The molecule has 1 N–H and O–H groups in total. The van der Waals surface area contributed by atoms with Crippen molar-refractivity contribution in [1.82, 2.24) is 4.72 Å². The van der Waals surface area contributed by atoms with Crippen LogP contribution in [0.4, 0.5) is 8.78 Å². The van der Waals surface area contributed by atoms with Crippen molar-refractivity contribution in [1.29, 1.82) is 0 Å². The Balaban J connectivity index is 2.92. The summed E-state index contributed by atoms with van der Waals surface area (Å²) in [6, 6.07) is 5.25. The molecule has 0 radical (unpaired) electrons. The number of hydrogen-bond acceptors (Lipinski definition) is 5. The van der Waals surface area contributed by atoms with Crippen LogP contribution in [0.3, 0.4) is 0 Å². The van der Waals surface area contributed by atoms with Crippen LogP contribution >= 0.6 is 0 Å². The third kappa shape index (κ3) is 6.72. The summed E-state index contributed by atoms with van der Waals surface area (Å²) in [5.41, 5.74) is 0.620. The number of nitrogens with one attached hydrogen (secondary N) is 1. The first-order valence-electron chi connectivity index (χ1n) is 6.93. The molecule has 0 saturated carbocycles. The zero-order valence-electron chi connectivity index (χ0n) is 13.5. The van der Waals surface area contributed by atoms with E-state index in [2.05, 4.69) is 14.2 Å². The Bertz CT molecular complexity index is 505. The zero-order valence-corrected chi connectivity index (χ0v) is 14.3. The normalized spacial score (nSPS) is 14.4. The van der Waals surface area contributed by atoms with E-state index in [1.165, 1.54) is 31.4 Å². The SMILES string of the molecule is COC(=O)C[C@H](N[S@+]([O-])C(C)(C)C)c1ccc(OC(F)F)cc1. The Morgan fingerprint density at radius 2 is 1.87 bits per heavy atom. The maximum atomic E-state index is 12.3. The summed E-state index contributed by atoms with van der Waals surface area (Å²) in [4.78, 5) is 11.6. The van der Waals surface area contributed by atoms with Crippen molar-refractivity contribution in [2.24, 2.45) is 0 Å². The van der Waals surface area contributed by atoms with Crippen molar-refractivity contribution >= 4 is 17.3 Å². The second kappa shape index (κ2) is 8.47. The first-order chi connectivity index (χ1) is 10.6. The zero-order chi connectivity index (χ0) is 17.6. The number of halogens is 2. The van der Waals surface area contributed by atoms with Gasteiger partial charge in [0.2, 0.25) is 0 Å². The van der Waals surface area contributed by atoms with Crippen LogP contribution in [0.5, 0.6) is 5.75 Å². The number of hydrogen-bond donors (Lipinski definition) is 1. The molecule has 0 spiro atoms. The summed E-state index contributed by atoms with van der Waals surface area (Å²) in [5.74, 6) is -0.459. The molecule has 0 heterocycles. The van der Waals surface area contributed by atoms with Crippen LogP contribution in [-0.4, -0.2) is 29.0 Å². The highest BCUT2D eigenvalue weighted by Gasteiger charge is 2.31. The van der Waals surface area contributed by atoms with Crippen LogP contribution in [0, 0.1) is 0 Å². The summed E-state index contributed by atoms with van der Waals surface area (Å²) in [6.45, 7) is 2.49. The average molecular weight is 349 g/mol. The van der Waals surface area contributed by atoms with Gasteiger partial charge in [0.05, 0.1) is 19.6 Å². The lowest BCUT2D eigenvalue weighted by atomic mass is 10.0. The molecule has 0 unspecified atom stereocenters. The molecule has 8 heteroatoms. The van der Waals surface area contributed by atoms with Crippen molar-refractivity contribution in [2.75, 3.05) is 7.11 Å². The fraction of sp³-hybridized carbons (Fsp3) is 0.533. The third-order valence-corrected chi connectivity index (χ3v) is 4.52. The first-order valence-corrected chi connectivity index (χ1v) is 8.08. The lowest BCUT2D eigenvalue weighted by molar-refractivity contribution is -0.141. The number of ether oxygens (including phenoxy) is 2. The molecule has 2 atom stereocenters. The summed E-state index contributed by atoms with van der Waals surface area (Å²) >= 11 is -1.41. The molecule has 0 aromatic heterocycles. The Morgan fingerprint density at radius 1 is 1.30 bits per heavy atom. The van der Waals surface area contributed by atoms with Gasteiger partial charge >= 0.3 is 12.6 Å². The van der Waals surface area contributed by atoms with Crippen molar-refractivity contribution in [3.63, 3.8) is 0 Å². The fourth-order valence-electron chi connectivity index (χ4n) is 1.67. The van der Waals surface area contributed by atoms with Crippen LogP contribution < -0.4 is 9.46 Å². The standard InChI is InChI=1S/C15H21F2NO4S/c1-15(2,3)23(20)18-12(9-13(19)21-4)10-5-7-11(8-6-10)22-14(16)17/h5-8,12,14,18H,9H2,1-4H3/t12-,23+/m0/s1. The molecule has 23 heavy (non-hydrogen) atoms. The monoisotopic (exact) mass is 349 g/mol. The van der Waals surface area contributed by atoms with Gasteiger partial charge in [0, 0.05) is 11.4 Å². The van der Waals surface area contributed by atoms with Gasteiger partial charge in [-0.15, -0.1) is 4.72 Å². The Labute approximate surface area is 137 Å². The molecule has 130 valence electrons. The molecule has 0 amide bonds. The van der Waals surface area contributed by atoms with Crippen LogP contribution in [0.25, 0.3) is 0 Å². The van der Waals surface area contributed by atoms with Gasteiger partial charge in [-0.2, -0.15) is 8.78 Å². The molecule has 0 aliphatic rings. The first kappa shape index (κ1) is 19.7. The second-order valence-electron chi connectivity index (χ2n) is 5.78. The molecular formula is C15H21F2NO4S. The Morgan fingerprint density at radius 3 is 2.30 bits per heavy atom. The molecule has 0 bridgehead atoms. The largest absolute Gasteiger partial charge is 0.598 e. The number of benzene rings is 1. The number of methoxy groups -OCH3 is 1. The van der Waals surface area contributed by atoms with Gasteiger partial charge in [-0.25, -0.2) is 0 Å². The highest BCUT2D eigenvalue weighted by atomic mass is 32.2. The smallest absolute Gasteiger partial charge is 0.387 e. The number of carbonyl (C=O) groups is 1. The molecule has 1 aromatic carbocycles. The summed E-state index contributed by atoms with van der Waals surface area (Å²) in [6.07, 6.45) is -0.0344. The maximum Gasteiger partial charge on any atom is 0.387 e. The summed E-state index contributed by atoms with van der Waals surface area (Å²) in [7, 11) is 1.26. The predicted octanol–water partition coefficient (Wildman–Crippen LogP) is 2.94. The van der Waals surface area contributed by atoms with E-state index in [1.54, 1.807) is 20.8 Å². The van der Waals surface area contributed by atoms with E-state index < -0.39 is 34.7 Å². The maximum absolute atomic E-state index is 12.3. The summed E-state index contributed by atoms with van der Waals surface area (Å²) < 4.78 is 47.9. The molecule has 0 saturated heterocycles. The topological polar surface area (TPSA) is 70.6 Å². The minimum Gasteiger partial charge on any atom is -0.598 e. The van der Waals surface area contributed by atoms with E-state index in [9.17, 15) is 18.1 Å². The Hall–Kier alpha value is -1.38. The second-order valence-corrected chi connectivity index (χ2v) is 7.78. The number of rotatable bonds is 7. The van der Waals surface area contributed by atoms with E-state index in [4.69, 9.17) is 0 Å². The van der Waals surface area contributed by atoms with E-state index in [0.717, 1.165) is 0 Å². The van der Waals surface area contributed by atoms with Crippen LogP contribution in [0.1, 0.15) is 38.8 Å². The predicted molar refractivity (Wildman–Crippen MR) is 83.5 cm³/mol. The number of alkyl halides is 2. The van der Waals surface area contributed by atoms with Gasteiger partial charge in [-0.05, 0) is 38.5 Å². The Kier molecular flexibility index (Phi) is 7.24. The summed E-state index contributed by atoms with van der Waals surface area (Å²) in [5, 5.41) is 0. The van der Waals surface area contributed by atoms with E-state index in [1.807, 2.05) is 0 Å². The molecular weight excluding hydrogens is 328 g/mol. The van der Waals surface area contributed by atoms with Crippen molar-refractivity contribution in [3.8, 4) is 5.75 Å². The molecule has 0 aliphatic carbocycles. The van der Waals surface area contributed by atoms with Crippen molar-refractivity contribution < 1.29 is 27.6 Å². The lowest BCUT2D eigenvalue weighted by Crippen LogP contribution is -2.41.